The Morgan fingerprint density at radius 3 is 2.38 bits per heavy atom. The van der Waals surface area contributed by atoms with Gasteiger partial charge in [-0.1, -0.05) is 48.2 Å². The summed E-state index contributed by atoms with van der Waals surface area (Å²) < 4.78 is 18.6. The van der Waals surface area contributed by atoms with Crippen molar-refractivity contribution in [2.75, 3.05) is 27.9 Å². The molecule has 3 aromatic carbocycles. The Balaban J connectivity index is 1.46. The summed E-state index contributed by atoms with van der Waals surface area (Å²) in [7, 11) is 4.89. The molecule has 9 heteroatoms. The molecular weight excluding hydrogens is 542 g/mol. The average molecular weight is 572 g/mol. The lowest BCUT2D eigenvalue weighted by molar-refractivity contribution is -0.122. The third-order valence-electron chi connectivity index (χ3n) is 6.71. The summed E-state index contributed by atoms with van der Waals surface area (Å²) in [5.74, 6) is 2.09. The number of aryl methyl sites for hydroxylation is 1. The Kier molecular flexibility index (Phi) is 8.23. The number of ether oxygens (including phenoxy) is 3. The summed E-state index contributed by atoms with van der Waals surface area (Å²) in [5.41, 5.74) is 5.49. The number of methoxy groups -OCH3 is 3. The zero-order valence-corrected chi connectivity index (χ0v) is 24.3. The van der Waals surface area contributed by atoms with Gasteiger partial charge in [-0.2, -0.15) is 5.10 Å². The predicted molar refractivity (Wildman–Crippen MR) is 163 cm³/mol. The molecule has 4 aromatic rings. The van der Waals surface area contributed by atoms with Crippen LogP contribution >= 0.6 is 24.0 Å². The zero-order chi connectivity index (χ0) is 28.2. The number of rotatable bonds is 9. The Hall–Kier alpha value is -4.08. The number of carbonyl (C=O) groups is 1. The molecule has 0 saturated carbocycles. The molecule has 204 valence electrons. The normalized spacial score (nSPS) is 14.2. The van der Waals surface area contributed by atoms with Gasteiger partial charge in [0.25, 0.3) is 5.91 Å². The number of carbonyl (C=O) groups excluding carboxylic acids is 1. The molecule has 0 spiro atoms. The first-order chi connectivity index (χ1) is 19.4. The highest BCUT2D eigenvalue weighted by Gasteiger charge is 2.32. The van der Waals surface area contributed by atoms with E-state index in [9.17, 15) is 4.79 Å². The average Bonchev–Trinajstić information content (AvgIpc) is 3.51. The van der Waals surface area contributed by atoms with Gasteiger partial charge in [-0.25, -0.2) is 4.68 Å². The number of para-hydroxylation sites is 1. The maximum atomic E-state index is 13.5. The summed E-state index contributed by atoms with van der Waals surface area (Å²) in [6.45, 7) is 2.47. The van der Waals surface area contributed by atoms with Crippen molar-refractivity contribution in [1.82, 2.24) is 14.7 Å². The van der Waals surface area contributed by atoms with E-state index in [1.807, 2.05) is 90.6 Å². The van der Waals surface area contributed by atoms with E-state index < -0.39 is 0 Å². The van der Waals surface area contributed by atoms with Gasteiger partial charge in [-0.05, 0) is 66.9 Å². The summed E-state index contributed by atoms with van der Waals surface area (Å²) >= 11 is 6.93. The van der Waals surface area contributed by atoms with E-state index >= 15 is 0 Å². The van der Waals surface area contributed by atoms with Crippen LogP contribution in [0.15, 0.2) is 77.8 Å². The summed E-state index contributed by atoms with van der Waals surface area (Å²) in [6, 6.07) is 21.5. The third kappa shape index (κ3) is 5.61. The molecule has 1 aliphatic rings. The minimum Gasteiger partial charge on any atom is -0.497 e. The monoisotopic (exact) mass is 571 g/mol. The number of nitrogens with zero attached hydrogens (tertiary/aromatic N) is 3. The Morgan fingerprint density at radius 1 is 0.950 bits per heavy atom. The quantitative estimate of drug-likeness (QED) is 0.172. The lowest BCUT2D eigenvalue weighted by atomic mass is 10.0. The van der Waals surface area contributed by atoms with E-state index in [-0.39, 0.29) is 5.91 Å². The molecule has 0 bridgehead atoms. The van der Waals surface area contributed by atoms with Gasteiger partial charge in [0.1, 0.15) is 27.3 Å². The van der Waals surface area contributed by atoms with Crippen LogP contribution in [0.3, 0.4) is 0 Å². The van der Waals surface area contributed by atoms with Crippen molar-refractivity contribution >= 4 is 40.3 Å². The largest absolute Gasteiger partial charge is 0.497 e. The fraction of sp³-hybridized carbons (Fsp3) is 0.194. The maximum Gasteiger partial charge on any atom is 0.266 e. The van der Waals surface area contributed by atoms with E-state index in [0.717, 1.165) is 39.4 Å². The third-order valence-corrected chi connectivity index (χ3v) is 8.09. The molecule has 0 radical (unpaired) electrons. The van der Waals surface area contributed by atoms with Crippen LogP contribution in [-0.2, 0) is 11.2 Å². The van der Waals surface area contributed by atoms with Crippen LogP contribution in [-0.4, -0.2) is 52.8 Å². The van der Waals surface area contributed by atoms with Gasteiger partial charge in [0.15, 0.2) is 0 Å². The Morgan fingerprint density at radius 2 is 1.68 bits per heavy atom. The maximum absolute atomic E-state index is 13.5. The molecule has 0 unspecified atom stereocenters. The van der Waals surface area contributed by atoms with Crippen LogP contribution in [0, 0.1) is 6.92 Å². The summed E-state index contributed by atoms with van der Waals surface area (Å²) in [6.07, 6.45) is 4.43. The molecule has 1 amide bonds. The molecule has 1 aromatic heterocycles. The molecular formula is C31H29N3O4S2. The minimum absolute atomic E-state index is 0.118. The van der Waals surface area contributed by atoms with Gasteiger partial charge in [-0.15, -0.1) is 0 Å². The van der Waals surface area contributed by atoms with Crippen LogP contribution in [0.4, 0.5) is 0 Å². The highest BCUT2D eigenvalue weighted by atomic mass is 32.2. The van der Waals surface area contributed by atoms with Crippen molar-refractivity contribution in [3.8, 4) is 34.2 Å². The smallest absolute Gasteiger partial charge is 0.266 e. The van der Waals surface area contributed by atoms with Crippen molar-refractivity contribution in [3.63, 3.8) is 0 Å². The number of amides is 1. The number of thioether (sulfide) groups is 1. The van der Waals surface area contributed by atoms with Gasteiger partial charge in [-0.3, -0.25) is 9.69 Å². The Labute approximate surface area is 243 Å². The standard InChI is InChI=1S/C31H29N3O4S2/c1-20-16-24(36-2)12-13-26(20)29-22(19-34(32-29)23-8-6-5-7-9-23)17-28-30(35)33(31(39)40-28)15-14-21-10-11-25(37-3)18-27(21)38-4/h5-13,16-19H,14-15H2,1-4H3. The first-order valence-electron chi connectivity index (χ1n) is 12.7. The van der Waals surface area contributed by atoms with E-state index in [1.165, 1.54) is 11.8 Å². The van der Waals surface area contributed by atoms with Gasteiger partial charge in [0, 0.05) is 29.9 Å². The van der Waals surface area contributed by atoms with Crippen LogP contribution in [0.5, 0.6) is 17.2 Å². The van der Waals surface area contributed by atoms with E-state index in [0.29, 0.717) is 33.7 Å². The van der Waals surface area contributed by atoms with Gasteiger partial charge >= 0.3 is 0 Å². The first kappa shape index (κ1) is 27.5. The van der Waals surface area contributed by atoms with Gasteiger partial charge < -0.3 is 14.2 Å². The summed E-state index contributed by atoms with van der Waals surface area (Å²) in [4.78, 5) is 15.7. The lowest BCUT2D eigenvalue weighted by Crippen LogP contribution is -2.30. The van der Waals surface area contributed by atoms with Gasteiger partial charge in [0.05, 0.1) is 31.9 Å². The fourth-order valence-corrected chi connectivity index (χ4v) is 5.87. The Bertz CT molecular complexity index is 1600. The number of thiocarbonyl (C=S) groups is 1. The van der Waals surface area contributed by atoms with Crippen LogP contribution in [0.25, 0.3) is 23.0 Å². The van der Waals surface area contributed by atoms with Crippen molar-refractivity contribution in [2.45, 2.75) is 13.3 Å². The topological polar surface area (TPSA) is 65.8 Å². The molecule has 1 saturated heterocycles. The molecule has 1 aliphatic heterocycles. The molecule has 7 nitrogen and oxygen atoms in total. The highest BCUT2D eigenvalue weighted by Crippen LogP contribution is 2.36. The molecule has 0 atom stereocenters. The molecule has 2 heterocycles. The van der Waals surface area contributed by atoms with E-state index in [4.69, 9.17) is 31.5 Å². The lowest BCUT2D eigenvalue weighted by Gasteiger charge is -2.16. The second kappa shape index (κ2) is 12.0. The number of hydrogen-bond acceptors (Lipinski definition) is 7. The van der Waals surface area contributed by atoms with Crippen LogP contribution < -0.4 is 14.2 Å². The molecule has 1 fully saturated rings. The zero-order valence-electron chi connectivity index (χ0n) is 22.7. The fourth-order valence-electron chi connectivity index (χ4n) is 4.57. The van der Waals surface area contributed by atoms with Crippen molar-refractivity contribution in [2.24, 2.45) is 0 Å². The molecule has 0 aliphatic carbocycles. The van der Waals surface area contributed by atoms with Crippen LogP contribution in [0.2, 0.25) is 0 Å². The predicted octanol–water partition coefficient (Wildman–Crippen LogP) is 6.32. The van der Waals surface area contributed by atoms with Gasteiger partial charge in [0.2, 0.25) is 0 Å². The van der Waals surface area contributed by atoms with Crippen LogP contribution in [0.1, 0.15) is 16.7 Å². The minimum atomic E-state index is -0.118. The molecule has 0 N–H and O–H groups in total. The number of benzene rings is 3. The highest BCUT2D eigenvalue weighted by molar-refractivity contribution is 8.26. The number of hydrogen-bond donors (Lipinski definition) is 0. The first-order valence-corrected chi connectivity index (χ1v) is 13.9. The van der Waals surface area contributed by atoms with Crippen molar-refractivity contribution < 1.29 is 19.0 Å². The number of aromatic nitrogens is 2. The summed E-state index contributed by atoms with van der Waals surface area (Å²) in [5, 5.41) is 4.92. The SMILES string of the molecule is COc1ccc(-c2nn(-c3ccccc3)cc2C=C2SC(=S)N(CCc3ccc(OC)cc3OC)C2=O)c(C)c1. The van der Waals surface area contributed by atoms with E-state index in [1.54, 1.807) is 26.2 Å². The second-order valence-electron chi connectivity index (χ2n) is 9.16. The second-order valence-corrected chi connectivity index (χ2v) is 10.8. The van der Waals surface area contributed by atoms with Crippen molar-refractivity contribution in [1.29, 1.82) is 0 Å². The molecule has 5 rings (SSSR count). The van der Waals surface area contributed by atoms with E-state index in [2.05, 4.69) is 0 Å². The van der Waals surface area contributed by atoms with Crippen molar-refractivity contribution in [3.05, 3.63) is 94.5 Å². The molecule has 40 heavy (non-hydrogen) atoms.